The predicted molar refractivity (Wildman–Crippen MR) is 52.2 cm³/mol. The largest absolute Gasteiger partial charge is 0.391 e. The van der Waals surface area contributed by atoms with Crippen molar-refractivity contribution in [3.05, 3.63) is 0 Å². The third kappa shape index (κ3) is 3.97. The van der Waals surface area contributed by atoms with E-state index < -0.39 is 12.1 Å². The van der Waals surface area contributed by atoms with Crippen LogP contribution in [0.4, 0.5) is 13.2 Å². The minimum Gasteiger partial charge on any atom is -0.370 e. The molecule has 0 amide bonds. The fourth-order valence-corrected chi connectivity index (χ4v) is 1.99. The summed E-state index contributed by atoms with van der Waals surface area (Å²) < 4.78 is 37.3. The van der Waals surface area contributed by atoms with E-state index in [1.165, 1.54) is 0 Å². The minimum absolute atomic E-state index is 0.0347. The second-order valence-electron chi connectivity index (χ2n) is 4.04. The van der Waals surface area contributed by atoms with Gasteiger partial charge in [0, 0.05) is 6.54 Å². The van der Waals surface area contributed by atoms with Gasteiger partial charge in [-0.2, -0.15) is 13.2 Å². The van der Waals surface area contributed by atoms with Crippen molar-refractivity contribution in [3.63, 3.8) is 0 Å². The van der Waals surface area contributed by atoms with E-state index in [-0.39, 0.29) is 24.7 Å². The van der Waals surface area contributed by atoms with Crippen molar-refractivity contribution < 1.29 is 13.2 Å². The summed E-state index contributed by atoms with van der Waals surface area (Å²) in [6.45, 7) is 0.314. The molecular weight excluding hydrogens is 207 g/mol. The van der Waals surface area contributed by atoms with Crippen molar-refractivity contribution in [1.82, 2.24) is 0 Å². The Bertz CT molecular complexity index is 233. The normalized spacial score (nSPS) is 27.4. The molecule has 4 N–H and O–H groups in total. The average molecular weight is 223 g/mol. The highest BCUT2D eigenvalue weighted by Crippen LogP contribution is 2.39. The fourth-order valence-electron chi connectivity index (χ4n) is 1.99. The molecule has 1 saturated carbocycles. The summed E-state index contributed by atoms with van der Waals surface area (Å²) in [7, 11) is 0. The van der Waals surface area contributed by atoms with Gasteiger partial charge in [0.15, 0.2) is 5.96 Å². The van der Waals surface area contributed by atoms with Gasteiger partial charge >= 0.3 is 6.18 Å². The molecule has 0 aromatic carbocycles. The van der Waals surface area contributed by atoms with Gasteiger partial charge < -0.3 is 11.5 Å². The molecule has 1 aliphatic carbocycles. The van der Waals surface area contributed by atoms with E-state index in [1.807, 2.05) is 0 Å². The van der Waals surface area contributed by atoms with Gasteiger partial charge in [0.25, 0.3) is 0 Å². The highest BCUT2D eigenvalue weighted by molar-refractivity contribution is 5.75. The van der Waals surface area contributed by atoms with E-state index in [4.69, 9.17) is 11.5 Å². The van der Waals surface area contributed by atoms with Gasteiger partial charge in [-0.1, -0.05) is 6.42 Å². The van der Waals surface area contributed by atoms with Crippen LogP contribution in [0.5, 0.6) is 0 Å². The van der Waals surface area contributed by atoms with Crippen LogP contribution in [0.15, 0.2) is 4.99 Å². The zero-order valence-electron chi connectivity index (χ0n) is 8.43. The zero-order chi connectivity index (χ0) is 11.5. The number of halogens is 3. The van der Waals surface area contributed by atoms with Crippen LogP contribution in [0.25, 0.3) is 0 Å². The maximum absolute atomic E-state index is 12.4. The highest BCUT2D eigenvalue weighted by Gasteiger charge is 2.41. The maximum atomic E-state index is 12.4. The van der Waals surface area contributed by atoms with E-state index in [1.54, 1.807) is 0 Å². The Morgan fingerprint density at radius 1 is 1.27 bits per heavy atom. The summed E-state index contributed by atoms with van der Waals surface area (Å²) in [5.74, 6) is -1.26. The summed E-state index contributed by atoms with van der Waals surface area (Å²) in [4.78, 5) is 3.77. The lowest BCUT2D eigenvalue weighted by Crippen LogP contribution is -2.30. The van der Waals surface area contributed by atoms with Crippen LogP contribution in [0.3, 0.4) is 0 Å². The number of alkyl halides is 3. The topological polar surface area (TPSA) is 64.4 Å². The Balaban J connectivity index is 2.46. The number of hydrogen-bond acceptors (Lipinski definition) is 1. The lowest BCUT2D eigenvalue weighted by atomic mass is 9.81. The Hall–Kier alpha value is -0.940. The second-order valence-corrected chi connectivity index (χ2v) is 4.04. The third-order valence-corrected chi connectivity index (χ3v) is 2.78. The van der Waals surface area contributed by atoms with Gasteiger partial charge in [0.05, 0.1) is 5.92 Å². The molecular formula is C9H16F3N3. The molecule has 0 radical (unpaired) electrons. The summed E-state index contributed by atoms with van der Waals surface area (Å²) in [5, 5.41) is 0. The summed E-state index contributed by atoms with van der Waals surface area (Å²) in [6.07, 6.45) is -2.29. The number of nitrogens with zero attached hydrogens (tertiary/aromatic N) is 1. The van der Waals surface area contributed by atoms with Gasteiger partial charge in [0.2, 0.25) is 0 Å². The Labute approximate surface area is 86.7 Å². The average Bonchev–Trinajstić information content (AvgIpc) is 2.14. The molecule has 1 aliphatic rings. The Morgan fingerprint density at radius 2 is 1.93 bits per heavy atom. The molecule has 0 heterocycles. The van der Waals surface area contributed by atoms with Crippen LogP contribution >= 0.6 is 0 Å². The van der Waals surface area contributed by atoms with Crippen molar-refractivity contribution in [2.75, 3.05) is 6.54 Å². The van der Waals surface area contributed by atoms with Crippen molar-refractivity contribution in [1.29, 1.82) is 0 Å². The molecule has 0 saturated heterocycles. The molecule has 15 heavy (non-hydrogen) atoms. The van der Waals surface area contributed by atoms with E-state index in [2.05, 4.69) is 4.99 Å². The van der Waals surface area contributed by atoms with Crippen molar-refractivity contribution in [2.45, 2.75) is 31.9 Å². The van der Waals surface area contributed by atoms with Crippen LogP contribution in [-0.2, 0) is 0 Å². The molecule has 1 rings (SSSR count). The number of nitrogens with two attached hydrogens (primary N) is 2. The Kier molecular flexibility index (Phi) is 3.82. The molecule has 0 aromatic rings. The molecule has 2 unspecified atom stereocenters. The van der Waals surface area contributed by atoms with Gasteiger partial charge in [-0.15, -0.1) is 0 Å². The molecule has 1 fully saturated rings. The highest BCUT2D eigenvalue weighted by atomic mass is 19.4. The first-order valence-electron chi connectivity index (χ1n) is 5.01. The fraction of sp³-hybridized carbons (Fsp3) is 0.889. The number of aliphatic imine (C=N–C) groups is 1. The summed E-state index contributed by atoms with van der Waals surface area (Å²) >= 11 is 0. The third-order valence-electron chi connectivity index (χ3n) is 2.78. The standard InChI is InChI=1S/C9H16F3N3/c10-9(11,12)7-3-1-2-6(4-7)5-15-8(13)14/h6-7H,1-5H2,(H4,13,14,15). The first-order chi connectivity index (χ1) is 6.89. The van der Waals surface area contributed by atoms with Crippen molar-refractivity contribution >= 4 is 5.96 Å². The number of guanidine groups is 1. The second kappa shape index (κ2) is 4.72. The molecule has 3 nitrogen and oxygen atoms in total. The van der Waals surface area contributed by atoms with E-state index >= 15 is 0 Å². The maximum Gasteiger partial charge on any atom is 0.391 e. The molecule has 88 valence electrons. The summed E-state index contributed by atoms with van der Waals surface area (Å²) in [6, 6.07) is 0. The van der Waals surface area contributed by atoms with Crippen LogP contribution in [0.2, 0.25) is 0 Å². The van der Waals surface area contributed by atoms with Crippen molar-refractivity contribution in [2.24, 2.45) is 28.3 Å². The molecule has 6 heteroatoms. The van der Waals surface area contributed by atoms with Gasteiger partial charge in [0.1, 0.15) is 0 Å². The van der Waals surface area contributed by atoms with E-state index in [0.717, 1.165) is 6.42 Å². The lowest BCUT2D eigenvalue weighted by Gasteiger charge is -2.29. The zero-order valence-corrected chi connectivity index (χ0v) is 8.43. The van der Waals surface area contributed by atoms with Crippen LogP contribution in [-0.4, -0.2) is 18.7 Å². The van der Waals surface area contributed by atoms with Crippen LogP contribution < -0.4 is 11.5 Å². The van der Waals surface area contributed by atoms with Gasteiger partial charge in [-0.05, 0) is 25.2 Å². The molecule has 0 spiro atoms. The van der Waals surface area contributed by atoms with Gasteiger partial charge in [-0.25, -0.2) is 0 Å². The van der Waals surface area contributed by atoms with Crippen LogP contribution in [0.1, 0.15) is 25.7 Å². The predicted octanol–water partition coefficient (Wildman–Crippen LogP) is 1.63. The van der Waals surface area contributed by atoms with Crippen molar-refractivity contribution in [3.8, 4) is 0 Å². The first kappa shape index (κ1) is 12.1. The first-order valence-corrected chi connectivity index (χ1v) is 5.01. The molecule has 0 bridgehead atoms. The molecule has 2 atom stereocenters. The summed E-state index contributed by atoms with van der Waals surface area (Å²) in [5.41, 5.74) is 10.3. The Morgan fingerprint density at radius 3 is 2.47 bits per heavy atom. The van der Waals surface area contributed by atoms with Crippen LogP contribution in [0, 0.1) is 11.8 Å². The monoisotopic (exact) mass is 223 g/mol. The van der Waals surface area contributed by atoms with E-state index in [0.29, 0.717) is 13.0 Å². The smallest absolute Gasteiger partial charge is 0.370 e. The number of hydrogen-bond donors (Lipinski definition) is 2. The lowest BCUT2D eigenvalue weighted by molar-refractivity contribution is -0.185. The molecule has 0 aliphatic heterocycles. The minimum atomic E-state index is -4.07. The van der Waals surface area contributed by atoms with Gasteiger partial charge in [-0.3, -0.25) is 4.99 Å². The molecule has 0 aromatic heterocycles. The quantitative estimate of drug-likeness (QED) is 0.552. The SMILES string of the molecule is NC(N)=NCC1CCCC(C(F)(F)F)C1. The van der Waals surface area contributed by atoms with E-state index in [9.17, 15) is 13.2 Å². The number of rotatable bonds is 2.